The molecule has 0 atom stereocenters. The van der Waals surface area contributed by atoms with E-state index in [9.17, 15) is 14.0 Å². The maximum atomic E-state index is 13.3. The van der Waals surface area contributed by atoms with E-state index in [1.165, 1.54) is 29.1 Å². The molecule has 0 aliphatic heterocycles. The predicted molar refractivity (Wildman–Crippen MR) is 147 cm³/mol. The van der Waals surface area contributed by atoms with E-state index in [0.29, 0.717) is 40.1 Å². The Morgan fingerprint density at radius 3 is 2.81 bits per heavy atom. The molecule has 0 aliphatic rings. The maximum absolute atomic E-state index is 13.3. The van der Waals surface area contributed by atoms with E-state index in [1.807, 2.05) is 6.07 Å². The van der Waals surface area contributed by atoms with Crippen molar-refractivity contribution in [1.82, 2.24) is 9.66 Å². The standard InChI is InChI=1S/C27H23BrClFN4O3/c1-2-3-7-25-33-23-10-9-18(28)13-21(23)27(36)34(25)31-15-17-8-11-24(22(29)12-17)37-16-26(35)32-20-6-4-5-19(30)14-20/h4-6,8-15H,2-3,7,16H2,1H3,(H,32,35). The van der Waals surface area contributed by atoms with Crippen molar-refractivity contribution < 1.29 is 13.9 Å². The van der Waals surface area contributed by atoms with Crippen LogP contribution in [0.5, 0.6) is 5.75 Å². The third-order valence-electron chi connectivity index (χ3n) is 5.37. The zero-order chi connectivity index (χ0) is 26.4. The van der Waals surface area contributed by atoms with E-state index in [0.717, 1.165) is 17.3 Å². The van der Waals surface area contributed by atoms with Crippen LogP contribution >= 0.6 is 27.5 Å². The normalized spacial score (nSPS) is 11.2. The molecular weight excluding hydrogens is 563 g/mol. The number of aryl methyl sites for hydroxylation is 1. The van der Waals surface area contributed by atoms with Gasteiger partial charge in [0.1, 0.15) is 17.4 Å². The monoisotopic (exact) mass is 584 g/mol. The second-order valence-electron chi connectivity index (χ2n) is 8.19. The summed E-state index contributed by atoms with van der Waals surface area (Å²) in [4.78, 5) is 30.0. The van der Waals surface area contributed by atoms with Gasteiger partial charge in [-0.1, -0.05) is 46.9 Å². The number of halogens is 3. The molecule has 0 saturated carbocycles. The minimum atomic E-state index is -0.457. The topological polar surface area (TPSA) is 85.6 Å². The number of benzene rings is 3. The lowest BCUT2D eigenvalue weighted by Gasteiger charge is -2.10. The van der Waals surface area contributed by atoms with Gasteiger partial charge in [-0.25, -0.2) is 9.37 Å². The van der Waals surface area contributed by atoms with Crippen molar-refractivity contribution >= 4 is 56.2 Å². The molecule has 4 rings (SSSR count). The highest BCUT2D eigenvalue weighted by atomic mass is 79.9. The molecule has 10 heteroatoms. The Morgan fingerprint density at radius 1 is 1.22 bits per heavy atom. The summed E-state index contributed by atoms with van der Waals surface area (Å²) < 4.78 is 20.9. The number of nitrogens with zero attached hydrogens (tertiary/aromatic N) is 3. The van der Waals surface area contributed by atoms with Crippen LogP contribution in [-0.2, 0) is 11.2 Å². The molecule has 0 bridgehead atoms. The molecule has 0 saturated heterocycles. The summed E-state index contributed by atoms with van der Waals surface area (Å²) in [6.45, 7) is 1.76. The first-order chi connectivity index (χ1) is 17.8. The summed E-state index contributed by atoms with van der Waals surface area (Å²) in [5.41, 5.74) is 1.32. The number of aromatic nitrogens is 2. The lowest BCUT2D eigenvalue weighted by molar-refractivity contribution is -0.118. The fourth-order valence-corrected chi connectivity index (χ4v) is 4.16. The number of rotatable bonds is 9. The molecule has 0 radical (unpaired) electrons. The van der Waals surface area contributed by atoms with Crippen LogP contribution in [-0.4, -0.2) is 28.4 Å². The number of ether oxygens (including phenoxy) is 1. The van der Waals surface area contributed by atoms with Crippen molar-refractivity contribution in [3.63, 3.8) is 0 Å². The third kappa shape index (κ3) is 6.81. The first-order valence-electron chi connectivity index (χ1n) is 11.6. The van der Waals surface area contributed by atoms with Crippen molar-refractivity contribution in [2.24, 2.45) is 5.10 Å². The van der Waals surface area contributed by atoms with Gasteiger partial charge < -0.3 is 10.1 Å². The Morgan fingerprint density at radius 2 is 2.05 bits per heavy atom. The molecule has 0 spiro atoms. The summed E-state index contributed by atoms with van der Waals surface area (Å²) in [6, 6.07) is 15.9. The van der Waals surface area contributed by atoms with Gasteiger partial charge in [-0.2, -0.15) is 9.78 Å². The van der Waals surface area contributed by atoms with Crippen molar-refractivity contribution in [1.29, 1.82) is 0 Å². The molecule has 1 N–H and O–H groups in total. The number of amides is 1. The average Bonchev–Trinajstić information content (AvgIpc) is 2.87. The van der Waals surface area contributed by atoms with Gasteiger partial charge in [-0.3, -0.25) is 9.59 Å². The van der Waals surface area contributed by atoms with Crippen molar-refractivity contribution in [3.8, 4) is 5.75 Å². The third-order valence-corrected chi connectivity index (χ3v) is 6.16. The number of unbranched alkanes of at least 4 members (excludes halogenated alkanes) is 1. The zero-order valence-electron chi connectivity index (χ0n) is 19.9. The number of anilines is 1. The van der Waals surface area contributed by atoms with Crippen molar-refractivity contribution in [3.05, 3.63) is 97.7 Å². The fourth-order valence-electron chi connectivity index (χ4n) is 3.56. The van der Waals surface area contributed by atoms with E-state index in [-0.39, 0.29) is 17.2 Å². The lowest BCUT2D eigenvalue weighted by atomic mass is 10.2. The van der Waals surface area contributed by atoms with Crippen molar-refractivity contribution in [2.75, 3.05) is 11.9 Å². The molecule has 190 valence electrons. The first-order valence-corrected chi connectivity index (χ1v) is 12.7. The number of hydrogen-bond acceptors (Lipinski definition) is 5. The van der Waals surface area contributed by atoms with Gasteiger partial charge in [-0.05, 0) is 66.6 Å². The lowest BCUT2D eigenvalue weighted by Crippen LogP contribution is -2.22. The fraction of sp³-hybridized carbons (Fsp3) is 0.185. The SMILES string of the molecule is CCCCc1nc2ccc(Br)cc2c(=O)n1N=Cc1ccc(OCC(=O)Nc2cccc(F)c2)c(Cl)c1. The number of fused-ring (bicyclic) bond motifs is 1. The van der Waals surface area contributed by atoms with Gasteiger partial charge in [-0.15, -0.1) is 0 Å². The highest BCUT2D eigenvalue weighted by Gasteiger charge is 2.12. The molecule has 3 aromatic carbocycles. The second kappa shape index (κ2) is 12.1. The maximum Gasteiger partial charge on any atom is 0.282 e. The highest BCUT2D eigenvalue weighted by molar-refractivity contribution is 9.10. The van der Waals surface area contributed by atoms with Crippen LogP contribution < -0.4 is 15.6 Å². The predicted octanol–water partition coefficient (Wildman–Crippen LogP) is 6.19. The van der Waals surface area contributed by atoms with Crippen molar-refractivity contribution in [2.45, 2.75) is 26.2 Å². The minimum Gasteiger partial charge on any atom is -0.482 e. The summed E-state index contributed by atoms with van der Waals surface area (Å²) in [6.07, 6.45) is 3.96. The van der Waals surface area contributed by atoms with Gasteiger partial charge in [0, 0.05) is 16.6 Å². The quantitative estimate of drug-likeness (QED) is 0.237. The van der Waals surface area contributed by atoms with E-state index < -0.39 is 11.7 Å². The molecule has 1 aromatic heterocycles. The van der Waals surface area contributed by atoms with Crippen LogP contribution in [0.25, 0.3) is 10.9 Å². The molecule has 1 heterocycles. The van der Waals surface area contributed by atoms with Crippen LogP contribution in [0.1, 0.15) is 31.2 Å². The Balaban J connectivity index is 1.50. The second-order valence-corrected chi connectivity index (χ2v) is 9.51. The summed E-state index contributed by atoms with van der Waals surface area (Å²) in [5.74, 6) is -0.0349. The van der Waals surface area contributed by atoms with Gasteiger partial charge in [0.2, 0.25) is 0 Å². The minimum absolute atomic E-state index is 0.260. The first kappa shape index (κ1) is 26.5. The van der Waals surface area contributed by atoms with Gasteiger partial charge in [0.25, 0.3) is 11.5 Å². The van der Waals surface area contributed by atoms with Gasteiger partial charge in [0.15, 0.2) is 6.61 Å². The van der Waals surface area contributed by atoms with Crippen LogP contribution in [0.15, 0.2) is 75.0 Å². The molecular formula is C27H23BrClFN4O3. The highest BCUT2D eigenvalue weighted by Crippen LogP contribution is 2.25. The Kier molecular flexibility index (Phi) is 8.68. The molecule has 4 aromatic rings. The number of hydrogen-bond donors (Lipinski definition) is 1. The van der Waals surface area contributed by atoms with E-state index >= 15 is 0 Å². The van der Waals surface area contributed by atoms with E-state index in [4.69, 9.17) is 16.3 Å². The summed E-state index contributed by atoms with van der Waals surface area (Å²) >= 11 is 9.75. The van der Waals surface area contributed by atoms with Gasteiger partial charge >= 0.3 is 0 Å². The Labute approximate surface area is 226 Å². The number of nitrogens with one attached hydrogen (secondary N) is 1. The van der Waals surface area contributed by atoms with E-state index in [1.54, 1.807) is 36.4 Å². The largest absolute Gasteiger partial charge is 0.482 e. The Bertz CT molecular complexity index is 1540. The van der Waals surface area contributed by atoms with E-state index in [2.05, 4.69) is 38.3 Å². The van der Waals surface area contributed by atoms with Crippen LogP contribution in [0, 0.1) is 5.82 Å². The molecule has 0 fully saturated rings. The number of carbonyl (C=O) groups is 1. The van der Waals surface area contributed by atoms with Crippen LogP contribution in [0.4, 0.5) is 10.1 Å². The number of carbonyl (C=O) groups excluding carboxylic acids is 1. The smallest absolute Gasteiger partial charge is 0.282 e. The summed E-state index contributed by atoms with van der Waals surface area (Å²) in [7, 11) is 0. The molecule has 0 unspecified atom stereocenters. The Hall–Kier alpha value is -3.56. The molecule has 0 aliphatic carbocycles. The van der Waals surface area contributed by atoms with Crippen LogP contribution in [0.3, 0.4) is 0 Å². The zero-order valence-corrected chi connectivity index (χ0v) is 22.2. The van der Waals surface area contributed by atoms with Crippen LogP contribution in [0.2, 0.25) is 5.02 Å². The summed E-state index contributed by atoms with van der Waals surface area (Å²) in [5, 5.41) is 7.70. The molecule has 1 amide bonds. The average molecular weight is 586 g/mol. The molecule has 7 nitrogen and oxygen atoms in total. The molecule has 37 heavy (non-hydrogen) atoms. The van der Waals surface area contributed by atoms with Gasteiger partial charge in [0.05, 0.1) is 22.1 Å².